The van der Waals surface area contributed by atoms with Gasteiger partial charge in [-0.15, -0.1) is 0 Å². The molecule has 0 saturated heterocycles. The first-order chi connectivity index (χ1) is 9.45. The summed E-state index contributed by atoms with van der Waals surface area (Å²) in [5.41, 5.74) is 1.55. The fourth-order valence-electron chi connectivity index (χ4n) is 2.05. The van der Waals surface area contributed by atoms with Crippen LogP contribution in [0.4, 0.5) is 13.2 Å². The maximum atomic E-state index is 12.7. The average molecular weight is 280 g/mol. The molecule has 3 aromatic rings. The number of aryl methyl sites for hydroxylation is 1. The van der Waals surface area contributed by atoms with E-state index in [1.807, 2.05) is 26.8 Å². The third kappa shape index (κ3) is 2.48. The minimum Gasteiger partial charge on any atom is -0.339 e. The molecule has 0 aliphatic heterocycles. The number of nitrogens with one attached hydrogen (secondary N) is 1. The molecule has 0 saturated carbocycles. The van der Waals surface area contributed by atoms with Crippen molar-refractivity contribution in [3.8, 4) is 0 Å². The van der Waals surface area contributed by atoms with E-state index in [4.69, 9.17) is 0 Å². The summed E-state index contributed by atoms with van der Waals surface area (Å²) in [6.07, 6.45) is -2.64. The van der Waals surface area contributed by atoms with E-state index in [1.54, 1.807) is 6.20 Å². The van der Waals surface area contributed by atoms with Gasteiger partial charge in [0.2, 0.25) is 0 Å². The monoisotopic (exact) mass is 280 g/mol. The van der Waals surface area contributed by atoms with Crippen molar-refractivity contribution >= 4 is 21.9 Å². The second-order valence-electron chi connectivity index (χ2n) is 4.29. The summed E-state index contributed by atoms with van der Waals surface area (Å²) in [6.45, 7) is 5.86. The van der Waals surface area contributed by atoms with E-state index in [2.05, 4.69) is 9.97 Å². The summed E-state index contributed by atoms with van der Waals surface area (Å²) in [4.78, 5) is 7.18. The minimum atomic E-state index is -4.32. The van der Waals surface area contributed by atoms with Crippen molar-refractivity contribution in [2.24, 2.45) is 0 Å². The number of hydrogen-bond donors (Lipinski definition) is 1. The van der Waals surface area contributed by atoms with Crippen molar-refractivity contribution in [1.29, 1.82) is 0 Å². The molecule has 0 bridgehead atoms. The van der Waals surface area contributed by atoms with Gasteiger partial charge in [-0.05, 0) is 36.8 Å². The molecule has 2 aromatic heterocycles. The Kier molecular flexibility index (Phi) is 3.70. The molecule has 20 heavy (non-hydrogen) atoms. The van der Waals surface area contributed by atoms with Gasteiger partial charge in [0.05, 0.1) is 5.56 Å². The van der Waals surface area contributed by atoms with Gasteiger partial charge in [0.1, 0.15) is 5.65 Å². The molecule has 0 spiro atoms. The highest BCUT2D eigenvalue weighted by atomic mass is 19.4. The molecule has 1 N–H and O–H groups in total. The first-order valence-corrected chi connectivity index (χ1v) is 6.40. The lowest BCUT2D eigenvalue weighted by atomic mass is 10.1. The lowest BCUT2D eigenvalue weighted by Crippen LogP contribution is -2.03. The van der Waals surface area contributed by atoms with E-state index in [0.717, 1.165) is 23.1 Å². The summed E-state index contributed by atoms with van der Waals surface area (Å²) in [7, 11) is 0. The molecule has 0 amide bonds. The molecule has 0 unspecified atom stereocenters. The number of alkyl halides is 3. The lowest BCUT2D eigenvalue weighted by Gasteiger charge is -2.05. The molecule has 0 aliphatic carbocycles. The SMILES string of the molecule is CC.Cc1cnc2[nH]c3ccc(C(F)(F)F)cc3c2c1. The van der Waals surface area contributed by atoms with Crippen LogP contribution in [-0.2, 0) is 6.18 Å². The number of aromatic nitrogens is 2. The normalized spacial score (nSPS) is 11.5. The third-order valence-electron chi connectivity index (χ3n) is 2.91. The standard InChI is InChI=1S/C13H9F3N2.C2H6/c1-7-4-10-9-5-8(13(14,15)16)2-3-11(9)18-12(10)17-6-7;1-2/h2-6H,1H3,(H,17,18);1-2H3. The summed E-state index contributed by atoms with van der Waals surface area (Å²) in [5, 5.41) is 1.27. The zero-order chi connectivity index (χ0) is 14.9. The summed E-state index contributed by atoms with van der Waals surface area (Å²) in [5.74, 6) is 0. The van der Waals surface area contributed by atoms with Gasteiger partial charge >= 0.3 is 6.18 Å². The van der Waals surface area contributed by atoms with E-state index in [9.17, 15) is 13.2 Å². The third-order valence-corrected chi connectivity index (χ3v) is 2.91. The number of rotatable bonds is 0. The van der Waals surface area contributed by atoms with Crippen LogP contribution in [0.3, 0.4) is 0 Å². The number of aromatic amines is 1. The Morgan fingerprint density at radius 2 is 1.75 bits per heavy atom. The van der Waals surface area contributed by atoms with Crippen LogP contribution >= 0.6 is 0 Å². The van der Waals surface area contributed by atoms with Gasteiger partial charge < -0.3 is 4.98 Å². The summed E-state index contributed by atoms with van der Waals surface area (Å²) >= 11 is 0. The van der Waals surface area contributed by atoms with Gasteiger partial charge in [-0.1, -0.05) is 13.8 Å². The average Bonchev–Trinajstić information content (AvgIpc) is 2.77. The van der Waals surface area contributed by atoms with E-state index in [-0.39, 0.29) is 0 Å². The van der Waals surface area contributed by atoms with E-state index < -0.39 is 11.7 Å². The van der Waals surface area contributed by atoms with Crippen molar-refractivity contribution in [1.82, 2.24) is 9.97 Å². The van der Waals surface area contributed by atoms with Crippen molar-refractivity contribution in [3.05, 3.63) is 41.6 Å². The van der Waals surface area contributed by atoms with Crippen LogP contribution in [0.25, 0.3) is 21.9 Å². The van der Waals surface area contributed by atoms with Crippen molar-refractivity contribution in [3.63, 3.8) is 0 Å². The topological polar surface area (TPSA) is 28.7 Å². The predicted octanol–water partition coefficient (Wildman–Crippen LogP) is 5.07. The second-order valence-corrected chi connectivity index (χ2v) is 4.29. The largest absolute Gasteiger partial charge is 0.416 e. The Morgan fingerprint density at radius 1 is 1.05 bits per heavy atom. The van der Waals surface area contributed by atoms with E-state index in [0.29, 0.717) is 16.6 Å². The molecule has 0 atom stereocenters. The summed E-state index contributed by atoms with van der Waals surface area (Å²) < 4.78 is 38.0. The number of benzene rings is 1. The zero-order valence-corrected chi connectivity index (χ0v) is 11.5. The van der Waals surface area contributed by atoms with Crippen molar-refractivity contribution in [2.45, 2.75) is 26.9 Å². The summed E-state index contributed by atoms with van der Waals surface area (Å²) in [6, 6.07) is 5.51. The highest BCUT2D eigenvalue weighted by Gasteiger charge is 2.30. The fourth-order valence-corrected chi connectivity index (χ4v) is 2.05. The van der Waals surface area contributed by atoms with Crippen LogP contribution in [0.15, 0.2) is 30.5 Å². The van der Waals surface area contributed by atoms with Gasteiger partial charge in [-0.3, -0.25) is 0 Å². The van der Waals surface area contributed by atoms with Crippen LogP contribution in [0, 0.1) is 6.92 Å². The molecular formula is C15H15F3N2. The Balaban J connectivity index is 0.000000704. The minimum absolute atomic E-state index is 0.552. The number of fused-ring (bicyclic) bond motifs is 3. The van der Waals surface area contributed by atoms with E-state index >= 15 is 0 Å². The smallest absolute Gasteiger partial charge is 0.339 e. The molecule has 0 fully saturated rings. The van der Waals surface area contributed by atoms with Crippen LogP contribution in [0.2, 0.25) is 0 Å². The maximum Gasteiger partial charge on any atom is 0.416 e. The number of H-pyrrole nitrogens is 1. The molecule has 0 radical (unpaired) electrons. The van der Waals surface area contributed by atoms with E-state index in [1.165, 1.54) is 6.07 Å². The predicted molar refractivity (Wildman–Crippen MR) is 74.7 cm³/mol. The Hall–Kier alpha value is -2.04. The molecular weight excluding hydrogens is 265 g/mol. The van der Waals surface area contributed by atoms with Gasteiger partial charge in [0.15, 0.2) is 0 Å². The molecule has 1 aromatic carbocycles. The molecule has 0 aliphatic rings. The molecule has 2 heterocycles. The van der Waals surface area contributed by atoms with Crippen LogP contribution in [0.5, 0.6) is 0 Å². The highest BCUT2D eigenvalue weighted by Crippen LogP contribution is 2.33. The van der Waals surface area contributed by atoms with Crippen LogP contribution in [0.1, 0.15) is 25.0 Å². The highest BCUT2D eigenvalue weighted by molar-refractivity contribution is 6.06. The fraction of sp³-hybridized carbons (Fsp3) is 0.267. The van der Waals surface area contributed by atoms with Crippen molar-refractivity contribution < 1.29 is 13.2 Å². The van der Waals surface area contributed by atoms with Gasteiger partial charge in [-0.25, -0.2) is 4.98 Å². The lowest BCUT2D eigenvalue weighted by molar-refractivity contribution is -0.137. The molecule has 2 nitrogen and oxygen atoms in total. The Morgan fingerprint density at radius 3 is 2.40 bits per heavy atom. The van der Waals surface area contributed by atoms with Gasteiger partial charge in [-0.2, -0.15) is 13.2 Å². The number of pyridine rings is 1. The first-order valence-electron chi connectivity index (χ1n) is 6.40. The first kappa shape index (κ1) is 14.4. The van der Waals surface area contributed by atoms with Gasteiger partial charge in [0, 0.05) is 22.5 Å². The number of halogens is 3. The maximum absolute atomic E-state index is 12.7. The van der Waals surface area contributed by atoms with Gasteiger partial charge in [0.25, 0.3) is 0 Å². The van der Waals surface area contributed by atoms with Crippen LogP contribution < -0.4 is 0 Å². The Bertz CT molecular complexity index is 742. The second kappa shape index (κ2) is 5.15. The molecule has 5 heteroatoms. The van der Waals surface area contributed by atoms with Crippen LogP contribution in [-0.4, -0.2) is 9.97 Å². The quantitative estimate of drug-likeness (QED) is 0.612. The Labute approximate surface area is 114 Å². The zero-order valence-electron chi connectivity index (χ0n) is 11.5. The van der Waals surface area contributed by atoms with Crippen molar-refractivity contribution in [2.75, 3.05) is 0 Å². The molecule has 3 rings (SSSR count). The number of hydrogen-bond acceptors (Lipinski definition) is 1. The molecule has 106 valence electrons. The number of nitrogens with zero attached hydrogens (tertiary/aromatic N) is 1.